The number of aromatic nitrogens is 1. The smallest absolute Gasteiger partial charge is 0.256 e. The standard InChI is InChI=1S/C29H31N3O3S/c1-20(2)31-14-16-32(17-15-31)25-9-4-21(5-10-25)23-8-13-28-24(18-23)19-27(29(33)30-28)22-6-11-26(12-7-22)36(3,34)35/h4-13,18-20H,14-17H2,1-3H3,(H,30,33). The number of aromatic amines is 1. The van der Waals surface area contributed by atoms with Gasteiger partial charge in [0.2, 0.25) is 0 Å². The van der Waals surface area contributed by atoms with E-state index in [0.29, 0.717) is 17.2 Å². The van der Waals surface area contributed by atoms with Gasteiger partial charge in [-0.1, -0.05) is 30.3 Å². The zero-order chi connectivity index (χ0) is 25.4. The molecule has 1 saturated heterocycles. The van der Waals surface area contributed by atoms with Gasteiger partial charge in [0, 0.05) is 55.2 Å². The molecule has 186 valence electrons. The first-order valence-electron chi connectivity index (χ1n) is 12.3. The number of piperazine rings is 1. The van der Waals surface area contributed by atoms with Crippen LogP contribution in [-0.4, -0.2) is 56.8 Å². The Morgan fingerprint density at radius 1 is 0.778 bits per heavy atom. The fourth-order valence-corrected chi connectivity index (χ4v) is 5.47. The Labute approximate surface area is 212 Å². The van der Waals surface area contributed by atoms with Crippen LogP contribution in [0.4, 0.5) is 5.69 Å². The van der Waals surface area contributed by atoms with Crippen LogP contribution in [-0.2, 0) is 9.84 Å². The maximum atomic E-state index is 12.7. The van der Waals surface area contributed by atoms with Gasteiger partial charge in [-0.25, -0.2) is 8.42 Å². The Balaban J connectivity index is 1.41. The Morgan fingerprint density at radius 3 is 2.00 bits per heavy atom. The maximum Gasteiger partial charge on any atom is 0.256 e. The molecular formula is C29H31N3O3S. The zero-order valence-electron chi connectivity index (χ0n) is 20.9. The molecule has 7 heteroatoms. The number of sulfone groups is 1. The molecule has 1 aliphatic rings. The molecule has 1 aromatic heterocycles. The van der Waals surface area contributed by atoms with Crippen LogP contribution in [0.5, 0.6) is 0 Å². The molecule has 3 aromatic carbocycles. The lowest BCUT2D eigenvalue weighted by atomic mass is 10.0. The minimum absolute atomic E-state index is 0.204. The highest BCUT2D eigenvalue weighted by Crippen LogP contribution is 2.28. The number of H-pyrrole nitrogens is 1. The largest absolute Gasteiger partial charge is 0.369 e. The van der Waals surface area contributed by atoms with Crippen LogP contribution in [0, 0.1) is 0 Å². The molecule has 1 fully saturated rings. The molecule has 0 atom stereocenters. The molecule has 5 rings (SSSR count). The molecule has 0 radical (unpaired) electrons. The molecule has 6 nitrogen and oxygen atoms in total. The van der Waals surface area contributed by atoms with E-state index >= 15 is 0 Å². The summed E-state index contributed by atoms with van der Waals surface area (Å²) in [7, 11) is -3.29. The van der Waals surface area contributed by atoms with E-state index in [-0.39, 0.29) is 10.5 Å². The summed E-state index contributed by atoms with van der Waals surface area (Å²) in [5.74, 6) is 0. The monoisotopic (exact) mass is 501 g/mol. The fraction of sp³-hybridized carbons (Fsp3) is 0.276. The van der Waals surface area contributed by atoms with Gasteiger partial charge in [-0.15, -0.1) is 0 Å². The number of rotatable bonds is 5. The minimum Gasteiger partial charge on any atom is -0.369 e. The van der Waals surface area contributed by atoms with Crippen LogP contribution >= 0.6 is 0 Å². The number of pyridine rings is 1. The van der Waals surface area contributed by atoms with Crippen LogP contribution < -0.4 is 10.5 Å². The molecule has 2 heterocycles. The molecule has 4 aromatic rings. The first-order valence-corrected chi connectivity index (χ1v) is 14.2. The quantitative estimate of drug-likeness (QED) is 0.425. The van der Waals surface area contributed by atoms with Crippen molar-refractivity contribution in [2.75, 3.05) is 37.3 Å². The van der Waals surface area contributed by atoms with Gasteiger partial charge in [-0.2, -0.15) is 0 Å². The van der Waals surface area contributed by atoms with E-state index in [9.17, 15) is 13.2 Å². The number of hydrogen-bond donors (Lipinski definition) is 1. The van der Waals surface area contributed by atoms with Crippen LogP contribution in [0.25, 0.3) is 33.2 Å². The summed E-state index contributed by atoms with van der Waals surface area (Å²) in [6, 6.07) is 23.6. The van der Waals surface area contributed by atoms with Crippen molar-refractivity contribution < 1.29 is 8.42 Å². The highest BCUT2D eigenvalue weighted by molar-refractivity contribution is 7.90. The number of nitrogens with zero attached hydrogens (tertiary/aromatic N) is 2. The molecule has 0 spiro atoms. The summed E-state index contributed by atoms with van der Waals surface area (Å²) in [5, 5.41) is 0.920. The van der Waals surface area contributed by atoms with Gasteiger partial charge in [0.1, 0.15) is 0 Å². The van der Waals surface area contributed by atoms with Gasteiger partial charge in [0.15, 0.2) is 9.84 Å². The lowest BCUT2D eigenvalue weighted by molar-refractivity contribution is 0.209. The number of hydrogen-bond acceptors (Lipinski definition) is 5. The van der Waals surface area contributed by atoms with Crippen LogP contribution in [0.3, 0.4) is 0 Å². The average Bonchev–Trinajstić information content (AvgIpc) is 2.88. The predicted octanol–water partition coefficient (Wildman–Crippen LogP) is 4.80. The van der Waals surface area contributed by atoms with Crippen LogP contribution in [0.1, 0.15) is 13.8 Å². The van der Waals surface area contributed by atoms with Gasteiger partial charge in [0.25, 0.3) is 5.56 Å². The highest BCUT2D eigenvalue weighted by Gasteiger charge is 2.19. The van der Waals surface area contributed by atoms with E-state index < -0.39 is 9.84 Å². The molecule has 0 saturated carbocycles. The summed E-state index contributed by atoms with van der Waals surface area (Å²) in [5.41, 5.74) is 5.18. The van der Waals surface area contributed by atoms with E-state index in [1.54, 1.807) is 12.1 Å². The molecule has 0 bridgehead atoms. The van der Waals surface area contributed by atoms with E-state index in [4.69, 9.17) is 0 Å². The SMILES string of the molecule is CC(C)N1CCN(c2ccc(-c3ccc4[nH]c(=O)c(-c5ccc(S(C)(=O)=O)cc5)cc4c3)cc2)CC1. The fourth-order valence-electron chi connectivity index (χ4n) is 4.84. The van der Waals surface area contributed by atoms with Gasteiger partial charge in [-0.05, 0) is 78.4 Å². The van der Waals surface area contributed by atoms with Crippen molar-refractivity contribution in [3.05, 3.63) is 83.2 Å². The molecule has 36 heavy (non-hydrogen) atoms. The van der Waals surface area contributed by atoms with Gasteiger partial charge in [0.05, 0.1) is 4.90 Å². The lowest BCUT2D eigenvalue weighted by Gasteiger charge is -2.38. The first kappa shape index (κ1) is 24.3. The summed E-state index contributed by atoms with van der Waals surface area (Å²) in [6.45, 7) is 8.75. The third kappa shape index (κ3) is 4.94. The maximum absolute atomic E-state index is 12.7. The summed E-state index contributed by atoms with van der Waals surface area (Å²) in [4.78, 5) is 20.9. The summed E-state index contributed by atoms with van der Waals surface area (Å²) in [6.07, 6.45) is 1.17. The van der Waals surface area contributed by atoms with Crippen molar-refractivity contribution in [2.45, 2.75) is 24.8 Å². The Morgan fingerprint density at radius 2 is 1.39 bits per heavy atom. The van der Waals surface area contributed by atoms with E-state index in [1.807, 2.05) is 18.2 Å². The number of nitrogens with one attached hydrogen (secondary N) is 1. The van der Waals surface area contributed by atoms with E-state index in [2.05, 4.69) is 59.0 Å². The molecule has 1 N–H and O–H groups in total. The first-order chi connectivity index (χ1) is 17.2. The van der Waals surface area contributed by atoms with Crippen molar-refractivity contribution in [1.29, 1.82) is 0 Å². The second-order valence-corrected chi connectivity index (χ2v) is 11.8. The molecule has 0 unspecified atom stereocenters. The van der Waals surface area contributed by atoms with Crippen molar-refractivity contribution >= 4 is 26.4 Å². The lowest BCUT2D eigenvalue weighted by Crippen LogP contribution is -2.48. The molecule has 0 aliphatic carbocycles. The third-order valence-corrected chi connectivity index (χ3v) is 8.18. The Kier molecular flexibility index (Phi) is 6.45. The second-order valence-electron chi connectivity index (χ2n) is 9.77. The zero-order valence-corrected chi connectivity index (χ0v) is 21.7. The Hall–Kier alpha value is -3.42. The van der Waals surface area contributed by atoms with E-state index in [0.717, 1.165) is 48.2 Å². The van der Waals surface area contributed by atoms with Crippen LogP contribution in [0.2, 0.25) is 0 Å². The van der Waals surface area contributed by atoms with Crippen molar-refractivity contribution in [2.24, 2.45) is 0 Å². The predicted molar refractivity (Wildman–Crippen MR) is 147 cm³/mol. The summed E-state index contributed by atoms with van der Waals surface area (Å²) >= 11 is 0. The van der Waals surface area contributed by atoms with E-state index in [1.165, 1.54) is 24.1 Å². The van der Waals surface area contributed by atoms with Crippen molar-refractivity contribution in [1.82, 2.24) is 9.88 Å². The average molecular weight is 502 g/mol. The summed E-state index contributed by atoms with van der Waals surface area (Å²) < 4.78 is 23.5. The Bertz CT molecular complexity index is 1550. The van der Waals surface area contributed by atoms with Gasteiger partial charge >= 0.3 is 0 Å². The van der Waals surface area contributed by atoms with Crippen molar-refractivity contribution in [3.63, 3.8) is 0 Å². The third-order valence-electron chi connectivity index (χ3n) is 7.05. The topological polar surface area (TPSA) is 73.5 Å². The number of fused-ring (bicyclic) bond motifs is 1. The molecule has 0 amide bonds. The molecular weight excluding hydrogens is 470 g/mol. The van der Waals surface area contributed by atoms with Crippen LogP contribution in [0.15, 0.2) is 82.5 Å². The van der Waals surface area contributed by atoms with Gasteiger partial charge in [-0.3, -0.25) is 9.69 Å². The number of anilines is 1. The minimum atomic E-state index is -3.29. The van der Waals surface area contributed by atoms with Gasteiger partial charge < -0.3 is 9.88 Å². The van der Waals surface area contributed by atoms with Crippen molar-refractivity contribution in [3.8, 4) is 22.3 Å². The molecule has 1 aliphatic heterocycles. The second kappa shape index (κ2) is 9.56. The normalized spacial score (nSPS) is 15.1. The highest BCUT2D eigenvalue weighted by atomic mass is 32.2. The number of benzene rings is 3.